The highest BCUT2D eigenvalue weighted by Gasteiger charge is 2.41. The van der Waals surface area contributed by atoms with E-state index in [4.69, 9.17) is 0 Å². The van der Waals surface area contributed by atoms with Crippen molar-refractivity contribution in [2.45, 2.75) is 103 Å². The largest absolute Gasteiger partial charge is 0.481 e. The maximum Gasteiger partial charge on any atom is 0.303 e. The molecule has 2 aliphatic heterocycles. The Bertz CT molecular complexity index is 1450. The average molecular weight is 639 g/mol. The molecule has 0 bridgehead atoms. The molecule has 0 spiro atoms. The lowest BCUT2D eigenvalue weighted by Crippen LogP contribution is -2.59. The molecule has 0 saturated carbocycles. The van der Waals surface area contributed by atoms with Crippen molar-refractivity contribution in [2.75, 3.05) is 6.54 Å². The zero-order valence-electron chi connectivity index (χ0n) is 26.9. The number of carboxylic acids is 1. The van der Waals surface area contributed by atoms with Gasteiger partial charge in [-0.15, -0.1) is 0 Å². The number of H-pyrrole nitrogens is 1. The van der Waals surface area contributed by atoms with Crippen LogP contribution >= 0.6 is 0 Å². The molecule has 2 saturated heterocycles. The quantitative estimate of drug-likeness (QED) is 0.240. The van der Waals surface area contributed by atoms with E-state index in [1.807, 2.05) is 38.1 Å². The van der Waals surface area contributed by atoms with Crippen LogP contribution in [0.5, 0.6) is 0 Å². The topological polar surface area (TPSA) is 190 Å². The lowest BCUT2D eigenvalue weighted by molar-refractivity contribution is -0.143. The number of fused-ring (bicyclic) bond motifs is 2. The third-order valence-electron chi connectivity index (χ3n) is 8.66. The molecule has 13 nitrogen and oxygen atoms in total. The highest BCUT2D eigenvalue weighted by Crippen LogP contribution is 2.23. The smallest absolute Gasteiger partial charge is 0.303 e. The molecule has 0 radical (unpaired) electrons. The van der Waals surface area contributed by atoms with Crippen LogP contribution in [0.1, 0.15) is 71.8 Å². The Hall–Kier alpha value is -4.42. The summed E-state index contributed by atoms with van der Waals surface area (Å²) in [7, 11) is 0. The van der Waals surface area contributed by atoms with Crippen LogP contribution in [-0.2, 0) is 35.2 Å². The maximum absolute atomic E-state index is 14.0. The number of aromatic amines is 1. The van der Waals surface area contributed by atoms with E-state index in [0.717, 1.165) is 16.5 Å². The van der Waals surface area contributed by atoms with Gasteiger partial charge in [0.05, 0.1) is 0 Å². The maximum atomic E-state index is 14.0. The number of nitrogens with one attached hydrogen (secondary N) is 5. The Kier molecular flexibility index (Phi) is 11.4. The van der Waals surface area contributed by atoms with Gasteiger partial charge in [-0.1, -0.05) is 45.9 Å². The van der Waals surface area contributed by atoms with Gasteiger partial charge in [0, 0.05) is 36.5 Å². The summed E-state index contributed by atoms with van der Waals surface area (Å²) in [6.45, 7) is 7.66. The van der Waals surface area contributed by atoms with Gasteiger partial charge in [0.25, 0.3) is 0 Å². The molecule has 0 unspecified atom stereocenters. The minimum absolute atomic E-state index is 0.00871. The van der Waals surface area contributed by atoms with E-state index in [1.165, 1.54) is 4.90 Å². The molecular formula is C33H46N6O7. The van der Waals surface area contributed by atoms with Crippen molar-refractivity contribution >= 4 is 46.4 Å². The number of aliphatic carboxylic acids is 1. The summed E-state index contributed by atoms with van der Waals surface area (Å²) in [5, 5.41) is 21.4. The Labute approximate surface area is 268 Å². The number of carbonyl (C=O) groups excluding carboxylic acids is 5. The lowest BCUT2D eigenvalue weighted by atomic mass is 9.98. The normalized spacial score (nSPS) is 25.0. The first-order valence-electron chi connectivity index (χ1n) is 16.1. The fourth-order valence-corrected chi connectivity index (χ4v) is 6.24. The third-order valence-corrected chi connectivity index (χ3v) is 8.66. The summed E-state index contributed by atoms with van der Waals surface area (Å²) in [5.74, 6) is -4.08. The first-order chi connectivity index (χ1) is 21.8. The van der Waals surface area contributed by atoms with E-state index in [9.17, 15) is 33.9 Å². The Morgan fingerprint density at radius 1 is 0.891 bits per heavy atom. The van der Waals surface area contributed by atoms with Gasteiger partial charge in [-0.3, -0.25) is 28.8 Å². The number of amides is 5. The first kappa shape index (κ1) is 34.5. The fourth-order valence-electron chi connectivity index (χ4n) is 6.24. The summed E-state index contributed by atoms with van der Waals surface area (Å²) >= 11 is 0. The number of benzene rings is 1. The summed E-state index contributed by atoms with van der Waals surface area (Å²) < 4.78 is 0. The summed E-state index contributed by atoms with van der Waals surface area (Å²) in [4.78, 5) is 84.8. The highest BCUT2D eigenvalue weighted by molar-refractivity contribution is 5.98. The van der Waals surface area contributed by atoms with E-state index < -0.39 is 65.7 Å². The first-order valence-corrected chi connectivity index (χ1v) is 16.1. The predicted molar refractivity (Wildman–Crippen MR) is 170 cm³/mol. The van der Waals surface area contributed by atoms with Crippen LogP contribution in [0.15, 0.2) is 30.5 Å². The summed E-state index contributed by atoms with van der Waals surface area (Å²) in [5.41, 5.74) is 1.62. The molecule has 3 heterocycles. The molecule has 2 aliphatic rings. The molecule has 0 aliphatic carbocycles. The minimum atomic E-state index is -1.13. The third kappa shape index (κ3) is 8.43. The van der Waals surface area contributed by atoms with Crippen molar-refractivity contribution in [3.05, 3.63) is 36.0 Å². The van der Waals surface area contributed by atoms with Gasteiger partial charge >= 0.3 is 5.97 Å². The monoisotopic (exact) mass is 638 g/mol. The molecule has 1 aromatic heterocycles. The van der Waals surface area contributed by atoms with Crippen molar-refractivity contribution in [1.82, 2.24) is 31.2 Å². The fraction of sp³-hybridized carbons (Fsp3) is 0.576. The molecule has 6 N–H and O–H groups in total. The van der Waals surface area contributed by atoms with Gasteiger partial charge in [-0.25, -0.2) is 0 Å². The van der Waals surface area contributed by atoms with E-state index in [-0.39, 0.29) is 50.5 Å². The Morgan fingerprint density at radius 2 is 1.57 bits per heavy atom. The number of carboxylic acid groups (broad SMARTS) is 1. The number of nitrogens with zero attached hydrogens (tertiary/aromatic N) is 1. The predicted octanol–water partition coefficient (Wildman–Crippen LogP) is 1.61. The number of para-hydroxylation sites is 1. The number of hydrogen-bond donors (Lipinski definition) is 6. The number of aromatic nitrogens is 1. The molecule has 46 heavy (non-hydrogen) atoms. The molecule has 5 amide bonds. The van der Waals surface area contributed by atoms with Crippen LogP contribution in [0.2, 0.25) is 0 Å². The lowest BCUT2D eigenvalue weighted by Gasteiger charge is -2.31. The molecule has 13 heteroatoms. The summed E-state index contributed by atoms with van der Waals surface area (Å²) in [6, 6.07) is 2.46. The highest BCUT2D eigenvalue weighted by atomic mass is 16.4. The second-order valence-corrected chi connectivity index (χ2v) is 13.1. The van der Waals surface area contributed by atoms with Crippen LogP contribution in [0.4, 0.5) is 0 Å². The molecule has 2 aromatic rings. The molecule has 4 rings (SSSR count). The van der Waals surface area contributed by atoms with E-state index in [2.05, 4.69) is 26.3 Å². The van der Waals surface area contributed by atoms with E-state index in [1.54, 1.807) is 20.0 Å². The van der Waals surface area contributed by atoms with E-state index >= 15 is 0 Å². The van der Waals surface area contributed by atoms with Crippen LogP contribution in [0.3, 0.4) is 0 Å². The van der Waals surface area contributed by atoms with E-state index in [0.29, 0.717) is 12.8 Å². The van der Waals surface area contributed by atoms with Crippen LogP contribution in [0, 0.1) is 11.8 Å². The van der Waals surface area contributed by atoms with Crippen molar-refractivity contribution in [2.24, 2.45) is 11.8 Å². The molecule has 2 fully saturated rings. The Morgan fingerprint density at radius 3 is 2.26 bits per heavy atom. The second kappa shape index (κ2) is 15.2. The zero-order chi connectivity index (χ0) is 33.5. The van der Waals surface area contributed by atoms with Gasteiger partial charge in [-0.2, -0.15) is 0 Å². The Balaban J connectivity index is 1.75. The number of carbonyl (C=O) groups is 6. The van der Waals surface area contributed by atoms with Crippen molar-refractivity contribution in [1.29, 1.82) is 0 Å². The van der Waals surface area contributed by atoms with Crippen molar-refractivity contribution < 1.29 is 33.9 Å². The van der Waals surface area contributed by atoms with Crippen LogP contribution in [0.25, 0.3) is 10.9 Å². The SMILES string of the molecule is CC(C)C[C@H]1NC(=O)[C@H](C(C)C)NC(=O)[C@H]2CCCN2C(=O)[C@H](CCCC(=O)O)NC(=O)[C@H](Cc2c[nH]c3ccccc23)NC1=O. The average Bonchev–Trinajstić information content (AvgIpc) is 3.65. The molecule has 1 aromatic carbocycles. The van der Waals surface area contributed by atoms with Crippen LogP contribution in [-0.4, -0.2) is 87.2 Å². The second-order valence-electron chi connectivity index (χ2n) is 13.1. The van der Waals surface area contributed by atoms with Gasteiger partial charge < -0.3 is 36.3 Å². The zero-order valence-corrected chi connectivity index (χ0v) is 26.9. The van der Waals surface area contributed by atoms with Crippen molar-refractivity contribution in [3.63, 3.8) is 0 Å². The van der Waals surface area contributed by atoms with Gasteiger partial charge in [0.15, 0.2) is 0 Å². The van der Waals surface area contributed by atoms with Gasteiger partial charge in [0.1, 0.15) is 30.2 Å². The standard InChI is InChI=1S/C33H46N6O7/c1-18(2)15-24-29(42)36-25(16-20-17-34-22-10-6-5-9-21(20)22)30(43)35-23(11-7-13-27(40)41)33(46)39-14-8-12-26(39)31(44)38-28(19(3)4)32(45)37-24/h5-6,9-10,17-19,23-26,28,34H,7-8,11-16H2,1-4H3,(H,35,43)(H,36,42)(H,37,45)(H,38,44)(H,40,41)/t23-,24+,25-,26+,28-/m0/s1. The van der Waals surface area contributed by atoms with Crippen LogP contribution < -0.4 is 21.3 Å². The molecular weight excluding hydrogens is 592 g/mol. The molecule has 5 atom stereocenters. The number of rotatable bonds is 9. The van der Waals surface area contributed by atoms with Crippen molar-refractivity contribution in [3.8, 4) is 0 Å². The van der Waals surface area contributed by atoms with Gasteiger partial charge in [0.2, 0.25) is 29.5 Å². The summed E-state index contributed by atoms with van der Waals surface area (Å²) in [6.07, 6.45) is 2.99. The minimum Gasteiger partial charge on any atom is -0.481 e. The molecule has 250 valence electrons. The number of hydrogen-bond acceptors (Lipinski definition) is 6. The van der Waals surface area contributed by atoms with Gasteiger partial charge in [-0.05, 0) is 55.6 Å².